The number of rotatable bonds is 8. The third-order valence-electron chi connectivity index (χ3n) is 5.32. The van der Waals surface area contributed by atoms with E-state index in [1.54, 1.807) is 0 Å². The topological polar surface area (TPSA) is 42.3 Å². The average molecular weight is 371 g/mol. The molecule has 2 unspecified atom stereocenters. The van der Waals surface area contributed by atoms with E-state index in [1.807, 2.05) is 10.7 Å². The van der Waals surface area contributed by atoms with E-state index in [2.05, 4.69) is 62.2 Å². The number of ether oxygens (including phenoxy) is 1. The highest BCUT2D eigenvalue weighted by Crippen LogP contribution is 2.17. The van der Waals surface area contributed by atoms with Crippen LogP contribution >= 0.6 is 0 Å². The van der Waals surface area contributed by atoms with Gasteiger partial charge in [0.2, 0.25) is 0 Å². The molecule has 1 aliphatic rings. The molecule has 0 saturated carbocycles. The minimum absolute atomic E-state index is 0.360. The van der Waals surface area contributed by atoms with Crippen LogP contribution in [0.25, 0.3) is 5.69 Å². The Labute approximate surface area is 163 Å². The maximum atomic E-state index is 5.80. The van der Waals surface area contributed by atoms with Crippen molar-refractivity contribution in [2.24, 2.45) is 0 Å². The fraction of sp³-hybridized carbons (Fsp3) is 0.591. The molecule has 0 spiro atoms. The first kappa shape index (κ1) is 20.1. The summed E-state index contributed by atoms with van der Waals surface area (Å²) in [5.74, 6) is 0. The van der Waals surface area contributed by atoms with Gasteiger partial charge in [0, 0.05) is 30.9 Å². The highest BCUT2D eigenvalue weighted by atomic mass is 16.5. The number of hydrogen-bond donors (Lipinski definition) is 1. The quantitative estimate of drug-likeness (QED) is 0.723. The van der Waals surface area contributed by atoms with E-state index < -0.39 is 0 Å². The van der Waals surface area contributed by atoms with Gasteiger partial charge in [0.25, 0.3) is 0 Å². The number of morpholine rings is 1. The maximum absolute atomic E-state index is 5.80. The van der Waals surface area contributed by atoms with Crippen LogP contribution in [0.3, 0.4) is 0 Å². The fourth-order valence-corrected chi connectivity index (χ4v) is 4.02. The molecule has 1 saturated heterocycles. The largest absolute Gasteiger partial charge is 0.373 e. The molecule has 27 heavy (non-hydrogen) atoms. The second-order valence-electron chi connectivity index (χ2n) is 7.80. The molecule has 1 N–H and O–H groups in total. The fourth-order valence-electron chi connectivity index (χ4n) is 4.02. The molecule has 2 aromatic rings. The number of aryl methyl sites for hydroxylation is 1. The van der Waals surface area contributed by atoms with Crippen molar-refractivity contribution in [3.63, 3.8) is 0 Å². The summed E-state index contributed by atoms with van der Waals surface area (Å²) in [6.45, 7) is 13.8. The summed E-state index contributed by atoms with van der Waals surface area (Å²) in [6, 6.07) is 10.4. The van der Waals surface area contributed by atoms with E-state index in [9.17, 15) is 0 Å². The standard InChI is InChI=1S/C22H34N4O/c1-17-15-25(16-18(2)27-17)13-9-8-12-23-14-22-19(3)24-26(20(22)4)21-10-6-5-7-11-21/h5-7,10-11,17-18,23H,8-9,12-16H2,1-4H3. The molecule has 2 heterocycles. The predicted octanol–water partition coefficient (Wildman–Crippen LogP) is 3.47. The van der Waals surface area contributed by atoms with E-state index in [4.69, 9.17) is 9.84 Å². The second kappa shape index (κ2) is 9.49. The highest BCUT2D eigenvalue weighted by molar-refractivity contribution is 5.36. The molecule has 2 atom stereocenters. The third kappa shape index (κ3) is 5.41. The Morgan fingerprint density at radius 1 is 1.07 bits per heavy atom. The number of benzene rings is 1. The van der Waals surface area contributed by atoms with E-state index in [0.29, 0.717) is 12.2 Å². The van der Waals surface area contributed by atoms with Crippen LogP contribution < -0.4 is 5.32 Å². The summed E-state index contributed by atoms with van der Waals surface area (Å²) in [5.41, 5.74) is 4.77. The van der Waals surface area contributed by atoms with Gasteiger partial charge < -0.3 is 10.1 Å². The van der Waals surface area contributed by atoms with Gasteiger partial charge in [-0.05, 0) is 65.8 Å². The van der Waals surface area contributed by atoms with Crippen molar-refractivity contribution in [2.45, 2.75) is 59.3 Å². The van der Waals surface area contributed by atoms with Gasteiger partial charge in [-0.2, -0.15) is 5.10 Å². The van der Waals surface area contributed by atoms with Crippen molar-refractivity contribution in [3.8, 4) is 5.69 Å². The Morgan fingerprint density at radius 3 is 2.48 bits per heavy atom. The molecule has 3 rings (SSSR count). The lowest BCUT2D eigenvalue weighted by atomic mass is 10.2. The van der Waals surface area contributed by atoms with Crippen LogP contribution in [0.5, 0.6) is 0 Å². The number of unbranched alkanes of at least 4 members (excludes halogenated alkanes) is 1. The lowest BCUT2D eigenvalue weighted by Crippen LogP contribution is -2.45. The maximum Gasteiger partial charge on any atom is 0.0678 e. The molecule has 0 aliphatic carbocycles. The minimum atomic E-state index is 0.360. The van der Waals surface area contributed by atoms with E-state index in [1.165, 1.54) is 30.6 Å². The summed E-state index contributed by atoms with van der Waals surface area (Å²) < 4.78 is 7.85. The molecule has 0 radical (unpaired) electrons. The Balaban J connectivity index is 1.41. The predicted molar refractivity (Wildman–Crippen MR) is 110 cm³/mol. The van der Waals surface area contributed by atoms with Crippen LogP contribution in [0.2, 0.25) is 0 Å². The number of nitrogens with one attached hydrogen (secondary N) is 1. The monoisotopic (exact) mass is 370 g/mol. The second-order valence-corrected chi connectivity index (χ2v) is 7.80. The van der Waals surface area contributed by atoms with Gasteiger partial charge in [-0.3, -0.25) is 4.90 Å². The molecule has 1 fully saturated rings. The molecule has 5 nitrogen and oxygen atoms in total. The lowest BCUT2D eigenvalue weighted by Gasteiger charge is -2.35. The van der Waals surface area contributed by atoms with Gasteiger partial charge in [0.15, 0.2) is 0 Å². The molecular formula is C22H34N4O. The Hall–Kier alpha value is -1.69. The summed E-state index contributed by atoms with van der Waals surface area (Å²) in [6.07, 6.45) is 3.15. The van der Waals surface area contributed by atoms with Gasteiger partial charge in [0.05, 0.1) is 23.6 Å². The summed E-state index contributed by atoms with van der Waals surface area (Å²) in [7, 11) is 0. The summed E-state index contributed by atoms with van der Waals surface area (Å²) in [4.78, 5) is 2.54. The highest BCUT2D eigenvalue weighted by Gasteiger charge is 2.21. The van der Waals surface area contributed by atoms with Gasteiger partial charge >= 0.3 is 0 Å². The van der Waals surface area contributed by atoms with Gasteiger partial charge in [0.1, 0.15) is 0 Å². The van der Waals surface area contributed by atoms with Crippen molar-refractivity contribution >= 4 is 0 Å². The van der Waals surface area contributed by atoms with Crippen molar-refractivity contribution in [3.05, 3.63) is 47.3 Å². The number of hydrogen-bond acceptors (Lipinski definition) is 4. The first-order valence-corrected chi connectivity index (χ1v) is 10.2. The molecule has 1 aromatic heterocycles. The van der Waals surface area contributed by atoms with Crippen LogP contribution in [0.4, 0.5) is 0 Å². The normalized spacial score (nSPS) is 20.9. The molecule has 5 heteroatoms. The first-order valence-electron chi connectivity index (χ1n) is 10.2. The van der Waals surface area contributed by atoms with Crippen molar-refractivity contribution < 1.29 is 4.74 Å². The SMILES string of the molecule is Cc1nn(-c2ccccc2)c(C)c1CNCCCCN1CC(C)OC(C)C1. The van der Waals surface area contributed by atoms with Crippen molar-refractivity contribution in [1.29, 1.82) is 0 Å². The Kier molecular flexibility index (Phi) is 7.05. The van der Waals surface area contributed by atoms with Crippen LogP contribution in [-0.4, -0.2) is 53.1 Å². The van der Waals surface area contributed by atoms with Crippen molar-refractivity contribution in [1.82, 2.24) is 20.0 Å². The molecular weight excluding hydrogens is 336 g/mol. The third-order valence-corrected chi connectivity index (χ3v) is 5.32. The Bertz CT molecular complexity index is 703. The van der Waals surface area contributed by atoms with E-state index in [0.717, 1.165) is 37.6 Å². The van der Waals surface area contributed by atoms with Crippen LogP contribution in [-0.2, 0) is 11.3 Å². The Morgan fingerprint density at radius 2 is 1.78 bits per heavy atom. The number of aromatic nitrogens is 2. The summed E-state index contributed by atoms with van der Waals surface area (Å²) >= 11 is 0. The van der Waals surface area contributed by atoms with Crippen LogP contribution in [0, 0.1) is 13.8 Å². The number of nitrogens with zero attached hydrogens (tertiary/aromatic N) is 3. The zero-order valence-corrected chi connectivity index (χ0v) is 17.2. The van der Waals surface area contributed by atoms with Gasteiger partial charge in [-0.15, -0.1) is 0 Å². The lowest BCUT2D eigenvalue weighted by molar-refractivity contribution is -0.0681. The molecule has 0 amide bonds. The minimum Gasteiger partial charge on any atom is -0.373 e. The molecule has 148 valence electrons. The zero-order valence-electron chi connectivity index (χ0n) is 17.2. The van der Waals surface area contributed by atoms with E-state index in [-0.39, 0.29) is 0 Å². The molecule has 1 aliphatic heterocycles. The van der Waals surface area contributed by atoms with E-state index >= 15 is 0 Å². The smallest absolute Gasteiger partial charge is 0.0678 e. The van der Waals surface area contributed by atoms with Gasteiger partial charge in [-0.25, -0.2) is 4.68 Å². The number of para-hydroxylation sites is 1. The van der Waals surface area contributed by atoms with Crippen LogP contribution in [0.15, 0.2) is 30.3 Å². The first-order chi connectivity index (χ1) is 13.0. The average Bonchev–Trinajstić information content (AvgIpc) is 2.92. The molecule has 0 bridgehead atoms. The van der Waals surface area contributed by atoms with Crippen molar-refractivity contribution in [2.75, 3.05) is 26.2 Å². The van der Waals surface area contributed by atoms with Crippen LogP contribution in [0.1, 0.15) is 43.6 Å². The molecule has 1 aromatic carbocycles. The zero-order chi connectivity index (χ0) is 19.2. The van der Waals surface area contributed by atoms with Gasteiger partial charge in [-0.1, -0.05) is 18.2 Å². The summed E-state index contributed by atoms with van der Waals surface area (Å²) in [5, 5.41) is 8.34.